The van der Waals surface area contributed by atoms with Crippen molar-refractivity contribution in [1.29, 1.82) is 0 Å². The fraction of sp³-hybridized carbons (Fsp3) is 0.400. The van der Waals surface area contributed by atoms with E-state index in [1.807, 2.05) is 6.92 Å². The first-order chi connectivity index (χ1) is 15.1. The van der Waals surface area contributed by atoms with Gasteiger partial charge in [-0.05, 0) is 38.5 Å². The van der Waals surface area contributed by atoms with Crippen molar-refractivity contribution in [2.75, 3.05) is 17.5 Å². The SMILES string of the molecule is CCC(COC(=O)c1ccccc1S(=O)(=O)N(C(N)=O)c1nc(C)cc(C)n1)C1COO1. The van der Waals surface area contributed by atoms with E-state index in [0.717, 1.165) is 0 Å². The molecule has 0 bridgehead atoms. The van der Waals surface area contributed by atoms with Crippen molar-refractivity contribution in [2.45, 2.75) is 38.2 Å². The first-order valence-electron chi connectivity index (χ1n) is 9.86. The zero-order chi connectivity index (χ0) is 23.5. The molecule has 1 aliphatic heterocycles. The largest absolute Gasteiger partial charge is 0.462 e. The minimum atomic E-state index is -4.63. The van der Waals surface area contributed by atoms with Crippen LogP contribution in [0.3, 0.4) is 0 Å². The molecule has 2 atom stereocenters. The van der Waals surface area contributed by atoms with Gasteiger partial charge >= 0.3 is 12.0 Å². The Balaban J connectivity index is 1.94. The van der Waals surface area contributed by atoms with Gasteiger partial charge in [0.1, 0.15) is 17.6 Å². The summed E-state index contributed by atoms with van der Waals surface area (Å²) in [5.74, 6) is -1.39. The number of esters is 1. The van der Waals surface area contributed by atoms with Gasteiger partial charge in [0, 0.05) is 17.3 Å². The van der Waals surface area contributed by atoms with Crippen molar-refractivity contribution >= 4 is 28.0 Å². The third kappa shape index (κ3) is 4.87. The fourth-order valence-corrected chi connectivity index (χ4v) is 4.60. The van der Waals surface area contributed by atoms with E-state index < -0.39 is 32.9 Å². The summed E-state index contributed by atoms with van der Waals surface area (Å²) in [4.78, 5) is 42.2. The summed E-state index contributed by atoms with van der Waals surface area (Å²) in [6, 6.07) is 5.68. The number of urea groups is 1. The van der Waals surface area contributed by atoms with E-state index in [0.29, 0.717) is 24.4 Å². The summed E-state index contributed by atoms with van der Waals surface area (Å²) in [6.45, 7) is 5.56. The molecule has 2 amide bonds. The number of hydrogen-bond acceptors (Lipinski definition) is 9. The van der Waals surface area contributed by atoms with Gasteiger partial charge in [0.25, 0.3) is 10.0 Å². The maximum atomic E-state index is 13.4. The Morgan fingerprint density at radius 2 is 1.88 bits per heavy atom. The third-order valence-electron chi connectivity index (χ3n) is 4.88. The zero-order valence-corrected chi connectivity index (χ0v) is 18.7. The average molecular weight is 465 g/mol. The number of aryl methyl sites for hydroxylation is 2. The summed E-state index contributed by atoms with van der Waals surface area (Å²) < 4.78 is 32.4. The maximum absolute atomic E-state index is 13.4. The van der Waals surface area contributed by atoms with Gasteiger partial charge in [-0.1, -0.05) is 19.1 Å². The topological polar surface area (TPSA) is 151 Å². The van der Waals surface area contributed by atoms with Gasteiger partial charge in [0.2, 0.25) is 5.95 Å². The second-order valence-corrected chi connectivity index (χ2v) is 9.00. The molecule has 12 heteroatoms. The van der Waals surface area contributed by atoms with Crippen LogP contribution in [0.5, 0.6) is 0 Å². The number of amides is 2. The standard InChI is InChI=1S/C20H24N4O7S/c1-4-14(16-11-30-31-16)10-29-18(25)15-7-5-6-8-17(15)32(27,28)24(19(21)26)20-22-12(2)9-13(3)23-20/h5-9,14,16H,4,10-11H2,1-3H3,(H2,21,26). The number of rotatable bonds is 8. The van der Waals surface area contributed by atoms with E-state index in [4.69, 9.17) is 20.2 Å². The molecule has 0 aliphatic carbocycles. The van der Waals surface area contributed by atoms with E-state index in [2.05, 4.69) is 9.97 Å². The number of ether oxygens (including phenoxy) is 1. The number of primary amides is 1. The minimum Gasteiger partial charge on any atom is -0.462 e. The van der Waals surface area contributed by atoms with Crippen LogP contribution in [0.4, 0.5) is 10.7 Å². The highest BCUT2D eigenvalue weighted by atomic mass is 32.2. The van der Waals surface area contributed by atoms with Gasteiger partial charge in [0.15, 0.2) is 0 Å². The third-order valence-corrected chi connectivity index (χ3v) is 6.62. The molecule has 172 valence electrons. The predicted molar refractivity (Wildman–Crippen MR) is 112 cm³/mol. The molecule has 1 aromatic carbocycles. The molecule has 1 aromatic heterocycles. The Morgan fingerprint density at radius 1 is 1.25 bits per heavy atom. The highest BCUT2D eigenvalue weighted by molar-refractivity contribution is 7.93. The summed E-state index contributed by atoms with van der Waals surface area (Å²) in [5.41, 5.74) is 6.01. The first-order valence-corrected chi connectivity index (χ1v) is 11.3. The first kappa shape index (κ1) is 23.6. The van der Waals surface area contributed by atoms with Crippen LogP contribution < -0.4 is 10.0 Å². The van der Waals surface area contributed by atoms with Gasteiger partial charge in [0.05, 0.1) is 12.2 Å². The lowest BCUT2D eigenvalue weighted by Gasteiger charge is -2.31. The maximum Gasteiger partial charge on any atom is 0.339 e. The minimum absolute atomic E-state index is 0.0114. The second-order valence-electron chi connectivity index (χ2n) is 7.24. The van der Waals surface area contributed by atoms with Crippen LogP contribution in [-0.4, -0.2) is 49.7 Å². The Bertz CT molecular complexity index is 1100. The number of aromatic nitrogens is 2. The monoisotopic (exact) mass is 464 g/mol. The number of carbonyl (C=O) groups excluding carboxylic acids is 2. The number of sulfonamides is 1. The molecule has 1 aliphatic rings. The van der Waals surface area contributed by atoms with Crippen molar-refractivity contribution in [1.82, 2.24) is 9.97 Å². The number of anilines is 1. The lowest BCUT2D eigenvalue weighted by molar-refractivity contribution is -0.435. The van der Waals surface area contributed by atoms with Crippen LogP contribution in [0.1, 0.15) is 35.1 Å². The molecule has 1 saturated heterocycles. The smallest absolute Gasteiger partial charge is 0.339 e. The van der Waals surface area contributed by atoms with E-state index in [-0.39, 0.29) is 28.5 Å². The number of hydrogen-bond donors (Lipinski definition) is 1. The normalized spacial score (nSPS) is 16.7. The Hall–Kier alpha value is -3.09. The molecule has 2 N–H and O–H groups in total. The predicted octanol–water partition coefficient (Wildman–Crippen LogP) is 1.88. The molecule has 2 aromatic rings. The molecule has 0 spiro atoms. The Labute approximate surface area is 185 Å². The Morgan fingerprint density at radius 3 is 2.41 bits per heavy atom. The fourth-order valence-electron chi connectivity index (χ4n) is 3.19. The van der Waals surface area contributed by atoms with Crippen molar-refractivity contribution in [3.8, 4) is 0 Å². The van der Waals surface area contributed by atoms with Crippen LogP contribution in [0.15, 0.2) is 35.2 Å². The second kappa shape index (κ2) is 9.59. The van der Waals surface area contributed by atoms with Crippen molar-refractivity contribution in [3.05, 3.63) is 47.3 Å². The lowest BCUT2D eigenvalue weighted by atomic mass is 10.0. The van der Waals surface area contributed by atoms with Crippen LogP contribution in [0.25, 0.3) is 0 Å². The zero-order valence-electron chi connectivity index (χ0n) is 17.8. The number of benzene rings is 1. The van der Waals surface area contributed by atoms with Crippen LogP contribution in [-0.2, 0) is 24.5 Å². The number of carbonyl (C=O) groups is 2. The van der Waals surface area contributed by atoms with Gasteiger partial charge in [-0.25, -0.2) is 37.7 Å². The van der Waals surface area contributed by atoms with E-state index in [9.17, 15) is 18.0 Å². The molecular formula is C20H24N4O7S. The van der Waals surface area contributed by atoms with Gasteiger partial charge < -0.3 is 10.5 Å². The van der Waals surface area contributed by atoms with Crippen LogP contribution in [0.2, 0.25) is 0 Å². The molecule has 1 fully saturated rings. The van der Waals surface area contributed by atoms with Gasteiger partial charge in [-0.2, -0.15) is 0 Å². The number of nitrogens with two attached hydrogens (primary N) is 1. The highest BCUT2D eigenvalue weighted by Crippen LogP contribution is 2.26. The average Bonchev–Trinajstić information content (AvgIpc) is 2.68. The molecule has 0 saturated carbocycles. The molecule has 2 heterocycles. The molecule has 0 radical (unpaired) electrons. The van der Waals surface area contributed by atoms with Gasteiger partial charge in [-0.15, -0.1) is 4.31 Å². The summed E-state index contributed by atoms with van der Waals surface area (Å²) >= 11 is 0. The summed E-state index contributed by atoms with van der Waals surface area (Å²) in [7, 11) is -4.63. The van der Waals surface area contributed by atoms with Crippen molar-refractivity contribution in [3.63, 3.8) is 0 Å². The summed E-state index contributed by atoms with van der Waals surface area (Å²) in [6.07, 6.45) is 0.472. The molecule has 3 rings (SSSR count). The molecular weight excluding hydrogens is 440 g/mol. The lowest BCUT2D eigenvalue weighted by Crippen LogP contribution is -2.42. The van der Waals surface area contributed by atoms with Crippen molar-refractivity contribution in [2.24, 2.45) is 11.7 Å². The summed E-state index contributed by atoms with van der Waals surface area (Å²) in [5, 5.41) is 0. The molecule has 2 unspecified atom stereocenters. The van der Waals surface area contributed by atoms with Crippen LogP contribution >= 0.6 is 0 Å². The van der Waals surface area contributed by atoms with E-state index in [1.165, 1.54) is 24.3 Å². The van der Waals surface area contributed by atoms with Crippen molar-refractivity contribution < 1.29 is 32.5 Å². The molecule has 11 nitrogen and oxygen atoms in total. The Kier molecular flexibility index (Phi) is 7.06. The number of nitrogens with zero attached hydrogens (tertiary/aromatic N) is 3. The van der Waals surface area contributed by atoms with Crippen LogP contribution in [0, 0.1) is 19.8 Å². The van der Waals surface area contributed by atoms with E-state index >= 15 is 0 Å². The van der Waals surface area contributed by atoms with Gasteiger partial charge in [-0.3, -0.25) is 0 Å². The quantitative estimate of drug-likeness (QED) is 0.456. The molecule has 32 heavy (non-hydrogen) atoms. The van der Waals surface area contributed by atoms with E-state index in [1.54, 1.807) is 19.9 Å². The highest BCUT2D eigenvalue weighted by Gasteiger charge is 2.36.